The molecular formula is C15H23ClN2O4. The highest BCUT2D eigenvalue weighted by atomic mass is 35.5. The first kappa shape index (κ1) is 18.5. The molecule has 1 aromatic carbocycles. The number of rotatable bonds is 10. The first-order valence-electron chi connectivity index (χ1n) is 7.30. The van der Waals surface area contributed by atoms with E-state index in [4.69, 9.17) is 25.8 Å². The number of ether oxygens (including phenoxy) is 3. The molecule has 7 heteroatoms. The third-order valence-electron chi connectivity index (χ3n) is 2.63. The summed E-state index contributed by atoms with van der Waals surface area (Å²) in [5, 5.41) is 5.84. The quantitative estimate of drug-likeness (QED) is 0.647. The van der Waals surface area contributed by atoms with Gasteiger partial charge in [-0.2, -0.15) is 0 Å². The van der Waals surface area contributed by atoms with E-state index < -0.39 is 0 Å². The van der Waals surface area contributed by atoms with Crippen LogP contribution in [0.5, 0.6) is 5.75 Å². The molecule has 0 heterocycles. The molecule has 0 fully saturated rings. The Morgan fingerprint density at radius 2 is 1.86 bits per heavy atom. The van der Waals surface area contributed by atoms with Gasteiger partial charge in [-0.3, -0.25) is 0 Å². The summed E-state index contributed by atoms with van der Waals surface area (Å²) < 4.78 is 16.0. The molecule has 124 valence electrons. The molecule has 0 spiro atoms. The number of urea groups is 1. The van der Waals surface area contributed by atoms with Crippen LogP contribution in [-0.4, -0.2) is 45.6 Å². The van der Waals surface area contributed by atoms with Crippen LogP contribution in [0.4, 0.5) is 10.5 Å². The van der Waals surface area contributed by atoms with E-state index >= 15 is 0 Å². The van der Waals surface area contributed by atoms with Crippen molar-refractivity contribution in [1.82, 2.24) is 5.32 Å². The maximum absolute atomic E-state index is 11.8. The summed E-state index contributed by atoms with van der Waals surface area (Å²) >= 11 is 6.11. The summed E-state index contributed by atoms with van der Waals surface area (Å²) in [7, 11) is 0. The predicted octanol–water partition coefficient (Wildman–Crippen LogP) is 2.91. The largest absolute Gasteiger partial charge is 0.487 e. The minimum absolute atomic E-state index is 0.336. The molecule has 0 bridgehead atoms. The lowest BCUT2D eigenvalue weighted by atomic mass is 10.3. The average molecular weight is 331 g/mol. The van der Waals surface area contributed by atoms with Crippen molar-refractivity contribution in [2.75, 3.05) is 44.9 Å². The molecule has 0 unspecified atom stereocenters. The summed E-state index contributed by atoms with van der Waals surface area (Å²) in [5.41, 5.74) is 0.512. The normalized spacial score (nSPS) is 10.3. The molecule has 6 nitrogen and oxygen atoms in total. The topological polar surface area (TPSA) is 68.8 Å². The number of hydrogen-bond acceptors (Lipinski definition) is 4. The van der Waals surface area contributed by atoms with Gasteiger partial charge in [0.15, 0.2) is 5.75 Å². The number of nitrogens with one attached hydrogen (secondary N) is 2. The van der Waals surface area contributed by atoms with Crippen LogP contribution in [-0.2, 0) is 9.47 Å². The van der Waals surface area contributed by atoms with E-state index in [9.17, 15) is 4.79 Å². The predicted molar refractivity (Wildman–Crippen MR) is 87.0 cm³/mol. The van der Waals surface area contributed by atoms with Gasteiger partial charge in [-0.1, -0.05) is 17.7 Å². The highest BCUT2D eigenvalue weighted by molar-refractivity contribution is 6.32. The Morgan fingerprint density at radius 3 is 2.59 bits per heavy atom. The Bertz CT molecular complexity index is 457. The Kier molecular flexibility index (Phi) is 9.37. The van der Waals surface area contributed by atoms with Crippen molar-refractivity contribution >= 4 is 23.3 Å². The second-order valence-corrected chi connectivity index (χ2v) is 4.65. The molecule has 1 aromatic rings. The van der Waals surface area contributed by atoms with Crippen LogP contribution >= 0.6 is 11.6 Å². The van der Waals surface area contributed by atoms with Gasteiger partial charge in [0.05, 0.1) is 23.9 Å². The number of carbonyl (C=O) groups is 1. The lowest BCUT2D eigenvalue weighted by Gasteiger charge is -2.14. The van der Waals surface area contributed by atoms with Crippen molar-refractivity contribution in [3.8, 4) is 5.75 Å². The SMILES string of the molecule is CCOCCNC(=O)Nc1cccc(Cl)c1OCCOCC. The fourth-order valence-electron chi connectivity index (χ4n) is 1.65. The highest BCUT2D eigenvalue weighted by Gasteiger charge is 2.11. The molecule has 1 rings (SSSR count). The molecule has 0 saturated carbocycles. The van der Waals surface area contributed by atoms with Crippen molar-refractivity contribution < 1.29 is 19.0 Å². The Balaban J connectivity index is 2.53. The fourth-order valence-corrected chi connectivity index (χ4v) is 1.88. The number of halogens is 1. The molecule has 0 radical (unpaired) electrons. The lowest BCUT2D eigenvalue weighted by Crippen LogP contribution is -2.31. The molecule has 0 aromatic heterocycles. The Hall–Kier alpha value is -1.50. The third-order valence-corrected chi connectivity index (χ3v) is 2.93. The van der Waals surface area contributed by atoms with E-state index in [0.717, 1.165) is 0 Å². The maximum atomic E-state index is 11.8. The zero-order chi connectivity index (χ0) is 16.2. The average Bonchev–Trinajstić information content (AvgIpc) is 2.50. The van der Waals surface area contributed by atoms with Crippen LogP contribution in [0.25, 0.3) is 0 Å². The first-order valence-corrected chi connectivity index (χ1v) is 7.68. The smallest absolute Gasteiger partial charge is 0.319 e. The van der Waals surface area contributed by atoms with Crippen LogP contribution in [0.1, 0.15) is 13.8 Å². The van der Waals surface area contributed by atoms with Gasteiger partial charge in [0.25, 0.3) is 0 Å². The summed E-state index contributed by atoms with van der Waals surface area (Å²) in [4.78, 5) is 11.8. The zero-order valence-corrected chi connectivity index (χ0v) is 13.7. The maximum Gasteiger partial charge on any atom is 0.319 e. The fraction of sp³-hybridized carbons (Fsp3) is 0.533. The van der Waals surface area contributed by atoms with Crippen molar-refractivity contribution in [2.24, 2.45) is 0 Å². The Morgan fingerprint density at radius 1 is 1.14 bits per heavy atom. The van der Waals surface area contributed by atoms with Gasteiger partial charge < -0.3 is 24.8 Å². The summed E-state index contributed by atoms with van der Waals surface area (Å²) in [6.45, 7) is 6.78. The standard InChI is InChI=1S/C15H23ClN2O4/c1-3-20-9-8-17-15(19)18-13-7-5-6-12(16)14(13)22-11-10-21-4-2/h5-7H,3-4,8-11H2,1-2H3,(H2,17,18,19). The van der Waals surface area contributed by atoms with Crippen LogP contribution in [0.2, 0.25) is 5.02 Å². The molecule has 0 aliphatic rings. The molecular weight excluding hydrogens is 308 g/mol. The summed E-state index contributed by atoms with van der Waals surface area (Å²) in [5.74, 6) is 0.434. The van der Waals surface area contributed by atoms with Gasteiger partial charge in [0.2, 0.25) is 0 Å². The van der Waals surface area contributed by atoms with Gasteiger partial charge in [-0.15, -0.1) is 0 Å². The van der Waals surface area contributed by atoms with Gasteiger partial charge in [0, 0.05) is 19.8 Å². The van der Waals surface area contributed by atoms with Gasteiger partial charge in [-0.05, 0) is 26.0 Å². The van der Waals surface area contributed by atoms with E-state index in [1.165, 1.54) is 0 Å². The lowest BCUT2D eigenvalue weighted by molar-refractivity contribution is 0.110. The number of anilines is 1. The zero-order valence-electron chi connectivity index (χ0n) is 13.0. The van der Waals surface area contributed by atoms with E-state index in [-0.39, 0.29) is 6.03 Å². The minimum Gasteiger partial charge on any atom is -0.487 e. The van der Waals surface area contributed by atoms with Crippen molar-refractivity contribution in [3.05, 3.63) is 23.2 Å². The van der Waals surface area contributed by atoms with E-state index in [0.29, 0.717) is 56.0 Å². The van der Waals surface area contributed by atoms with E-state index in [1.807, 2.05) is 13.8 Å². The number of para-hydroxylation sites is 1. The van der Waals surface area contributed by atoms with Crippen LogP contribution in [0, 0.1) is 0 Å². The molecule has 0 aliphatic heterocycles. The Labute approximate surface area is 136 Å². The molecule has 22 heavy (non-hydrogen) atoms. The molecule has 0 atom stereocenters. The van der Waals surface area contributed by atoms with Crippen LogP contribution in [0.15, 0.2) is 18.2 Å². The summed E-state index contributed by atoms with van der Waals surface area (Å²) in [6.07, 6.45) is 0. The molecule has 0 saturated heterocycles. The second-order valence-electron chi connectivity index (χ2n) is 4.24. The highest BCUT2D eigenvalue weighted by Crippen LogP contribution is 2.32. The second kappa shape index (κ2) is 11.1. The summed E-state index contributed by atoms with van der Waals surface area (Å²) in [6, 6.07) is 4.84. The first-order chi connectivity index (χ1) is 10.7. The van der Waals surface area contributed by atoms with E-state index in [1.54, 1.807) is 18.2 Å². The molecule has 2 N–H and O–H groups in total. The van der Waals surface area contributed by atoms with Crippen LogP contribution in [0.3, 0.4) is 0 Å². The number of amides is 2. The van der Waals surface area contributed by atoms with Crippen molar-refractivity contribution in [3.63, 3.8) is 0 Å². The van der Waals surface area contributed by atoms with Crippen molar-refractivity contribution in [1.29, 1.82) is 0 Å². The number of hydrogen-bond donors (Lipinski definition) is 2. The van der Waals surface area contributed by atoms with Crippen LogP contribution < -0.4 is 15.4 Å². The number of benzene rings is 1. The monoisotopic (exact) mass is 330 g/mol. The number of carbonyl (C=O) groups excluding carboxylic acids is 1. The molecule has 2 amide bonds. The van der Waals surface area contributed by atoms with Gasteiger partial charge >= 0.3 is 6.03 Å². The van der Waals surface area contributed by atoms with Crippen molar-refractivity contribution in [2.45, 2.75) is 13.8 Å². The van der Waals surface area contributed by atoms with Gasteiger partial charge in [-0.25, -0.2) is 4.79 Å². The minimum atomic E-state index is -0.336. The molecule has 0 aliphatic carbocycles. The third kappa shape index (κ3) is 6.98. The van der Waals surface area contributed by atoms with Gasteiger partial charge in [0.1, 0.15) is 6.61 Å². The van der Waals surface area contributed by atoms with E-state index in [2.05, 4.69) is 10.6 Å².